The fourth-order valence-electron chi connectivity index (χ4n) is 4.60. The van der Waals surface area contributed by atoms with Crippen LogP contribution in [0.4, 0.5) is 5.69 Å². The van der Waals surface area contributed by atoms with Gasteiger partial charge in [0, 0.05) is 12.1 Å². The highest BCUT2D eigenvalue weighted by molar-refractivity contribution is 5.56. The Kier molecular flexibility index (Phi) is 6.43. The van der Waals surface area contributed by atoms with E-state index in [1.165, 1.54) is 22.4 Å². The Morgan fingerprint density at radius 2 is 1.77 bits per heavy atom. The maximum Gasteiger partial charge on any atom is 0.209 e. The number of anilines is 1. The smallest absolute Gasteiger partial charge is 0.209 e. The van der Waals surface area contributed by atoms with E-state index < -0.39 is 0 Å². The molecule has 0 radical (unpaired) electrons. The molecule has 1 aromatic heterocycles. The van der Waals surface area contributed by atoms with Crippen molar-refractivity contribution in [2.45, 2.75) is 46.2 Å². The van der Waals surface area contributed by atoms with Gasteiger partial charge in [0.25, 0.3) is 0 Å². The van der Waals surface area contributed by atoms with Gasteiger partial charge in [-0.2, -0.15) is 0 Å². The second-order valence-corrected chi connectivity index (χ2v) is 8.39. The van der Waals surface area contributed by atoms with Crippen LogP contribution >= 0.6 is 0 Å². The van der Waals surface area contributed by atoms with Gasteiger partial charge in [-0.05, 0) is 47.0 Å². The van der Waals surface area contributed by atoms with Crippen molar-refractivity contribution < 1.29 is 4.90 Å². The third-order valence-electron chi connectivity index (χ3n) is 6.44. The van der Waals surface area contributed by atoms with E-state index in [2.05, 4.69) is 83.7 Å². The number of piperazine rings is 1. The van der Waals surface area contributed by atoms with E-state index in [-0.39, 0.29) is 0 Å². The van der Waals surface area contributed by atoms with Crippen molar-refractivity contribution in [2.24, 2.45) is 0 Å². The molecule has 30 heavy (non-hydrogen) atoms. The highest BCUT2D eigenvalue weighted by Gasteiger charge is 2.32. The number of hydrogen-bond donors (Lipinski definition) is 1. The van der Waals surface area contributed by atoms with Crippen molar-refractivity contribution in [1.82, 2.24) is 20.2 Å². The fraction of sp³-hybridized carbons (Fsp3) is 0.458. The molecular weight excluding hydrogens is 372 g/mol. The minimum absolute atomic E-state index is 0.342. The van der Waals surface area contributed by atoms with E-state index in [1.807, 2.05) is 10.7 Å². The SMILES string of the molecule is CCC[C@H](c1nnnn1Cc1ccccc1)[NH+]1CCN(c2cccc(C)c2C)CC1. The topological polar surface area (TPSA) is 51.3 Å². The van der Waals surface area contributed by atoms with Gasteiger partial charge in [-0.1, -0.05) is 55.8 Å². The van der Waals surface area contributed by atoms with Crippen molar-refractivity contribution in [3.05, 3.63) is 71.0 Å². The van der Waals surface area contributed by atoms with E-state index in [0.717, 1.165) is 51.4 Å². The summed E-state index contributed by atoms with van der Waals surface area (Å²) >= 11 is 0. The lowest BCUT2D eigenvalue weighted by Crippen LogP contribution is -3.15. The van der Waals surface area contributed by atoms with Crippen LogP contribution in [0.1, 0.15) is 48.3 Å². The quantitative estimate of drug-likeness (QED) is 0.656. The summed E-state index contributed by atoms with van der Waals surface area (Å²) in [6.45, 7) is 11.8. The normalized spacial score (nSPS) is 16.0. The maximum atomic E-state index is 4.48. The molecule has 0 amide bonds. The molecule has 3 aromatic rings. The van der Waals surface area contributed by atoms with Gasteiger partial charge in [0.15, 0.2) is 0 Å². The zero-order valence-corrected chi connectivity index (χ0v) is 18.4. The molecule has 4 rings (SSSR count). The van der Waals surface area contributed by atoms with Gasteiger partial charge in [0.05, 0.1) is 32.7 Å². The Hall–Kier alpha value is -2.73. The van der Waals surface area contributed by atoms with Crippen LogP contribution in [0.5, 0.6) is 0 Å². The monoisotopic (exact) mass is 405 g/mol. The van der Waals surface area contributed by atoms with Gasteiger partial charge in [-0.25, -0.2) is 4.68 Å². The molecule has 6 nitrogen and oxygen atoms in total. The first kappa shape index (κ1) is 20.5. The molecule has 1 atom stereocenters. The van der Waals surface area contributed by atoms with Gasteiger partial charge in [-0.3, -0.25) is 0 Å². The highest BCUT2D eigenvalue weighted by atomic mass is 15.6. The van der Waals surface area contributed by atoms with Gasteiger partial charge in [0.2, 0.25) is 5.82 Å². The second-order valence-electron chi connectivity index (χ2n) is 8.39. The number of nitrogens with one attached hydrogen (secondary N) is 1. The lowest BCUT2D eigenvalue weighted by atomic mass is 10.1. The second kappa shape index (κ2) is 9.39. The molecule has 2 heterocycles. The summed E-state index contributed by atoms with van der Waals surface area (Å²) in [5.74, 6) is 1.02. The predicted octanol–water partition coefficient (Wildman–Crippen LogP) is 2.58. The molecule has 0 unspecified atom stereocenters. The molecule has 0 aliphatic carbocycles. The minimum atomic E-state index is 0.342. The number of rotatable bonds is 7. The first-order valence-corrected chi connectivity index (χ1v) is 11.1. The predicted molar refractivity (Wildman–Crippen MR) is 120 cm³/mol. The van der Waals surface area contributed by atoms with E-state index >= 15 is 0 Å². The number of quaternary nitrogens is 1. The molecule has 0 saturated carbocycles. The van der Waals surface area contributed by atoms with Gasteiger partial charge in [-0.15, -0.1) is 5.10 Å². The van der Waals surface area contributed by atoms with Crippen LogP contribution in [-0.4, -0.2) is 46.4 Å². The zero-order valence-electron chi connectivity index (χ0n) is 18.4. The molecule has 6 heteroatoms. The first-order chi connectivity index (χ1) is 14.7. The molecule has 0 bridgehead atoms. The van der Waals surface area contributed by atoms with Crippen molar-refractivity contribution in [2.75, 3.05) is 31.1 Å². The summed E-state index contributed by atoms with van der Waals surface area (Å²) in [5, 5.41) is 12.8. The molecule has 1 aliphatic rings. The van der Waals surface area contributed by atoms with Crippen molar-refractivity contribution >= 4 is 5.69 Å². The Bertz CT molecular complexity index is 943. The van der Waals surface area contributed by atoms with Crippen molar-refractivity contribution in [3.8, 4) is 0 Å². The Labute approximate surface area is 179 Å². The molecule has 1 N–H and O–H groups in total. The lowest BCUT2D eigenvalue weighted by Gasteiger charge is -2.37. The van der Waals surface area contributed by atoms with Crippen LogP contribution in [-0.2, 0) is 6.54 Å². The molecule has 1 aliphatic heterocycles. The highest BCUT2D eigenvalue weighted by Crippen LogP contribution is 2.23. The molecule has 158 valence electrons. The minimum Gasteiger partial charge on any atom is -0.360 e. The van der Waals surface area contributed by atoms with Crippen LogP contribution in [0.15, 0.2) is 48.5 Å². The number of aromatic nitrogens is 4. The fourth-order valence-corrected chi connectivity index (χ4v) is 4.60. The molecular formula is C24H33N6+. The van der Waals surface area contributed by atoms with Gasteiger partial charge >= 0.3 is 0 Å². The number of aryl methyl sites for hydroxylation is 1. The summed E-state index contributed by atoms with van der Waals surface area (Å²) in [7, 11) is 0. The standard InChI is InChI=1S/C24H32N6/c1-4-9-23(24-25-26-27-30(24)18-21-11-6-5-7-12-21)29-16-14-28(15-17-29)22-13-8-10-19(2)20(22)3/h5-8,10-13,23H,4,9,14-18H2,1-3H3/p+1/t23-/m1/s1. The van der Waals surface area contributed by atoms with Crippen molar-refractivity contribution in [3.63, 3.8) is 0 Å². The molecule has 2 aromatic carbocycles. The van der Waals surface area contributed by atoms with Crippen LogP contribution < -0.4 is 9.80 Å². The third-order valence-corrected chi connectivity index (χ3v) is 6.44. The van der Waals surface area contributed by atoms with Crippen LogP contribution in [0.25, 0.3) is 0 Å². The Balaban J connectivity index is 1.49. The van der Waals surface area contributed by atoms with E-state index in [4.69, 9.17) is 0 Å². The number of hydrogen-bond acceptors (Lipinski definition) is 4. The first-order valence-electron chi connectivity index (χ1n) is 11.1. The summed E-state index contributed by atoms with van der Waals surface area (Å²) in [6, 6.07) is 17.4. The summed E-state index contributed by atoms with van der Waals surface area (Å²) in [4.78, 5) is 4.14. The molecule has 1 fully saturated rings. The third kappa shape index (κ3) is 4.38. The summed E-state index contributed by atoms with van der Waals surface area (Å²) in [6.07, 6.45) is 2.24. The Morgan fingerprint density at radius 1 is 1.00 bits per heavy atom. The maximum absolute atomic E-state index is 4.48. The summed E-state index contributed by atoms with van der Waals surface area (Å²) < 4.78 is 2.00. The number of nitrogens with zero attached hydrogens (tertiary/aromatic N) is 5. The zero-order chi connectivity index (χ0) is 20.9. The van der Waals surface area contributed by atoms with E-state index in [1.54, 1.807) is 4.90 Å². The average molecular weight is 406 g/mol. The van der Waals surface area contributed by atoms with Gasteiger partial charge in [0.1, 0.15) is 6.04 Å². The number of tetrazole rings is 1. The van der Waals surface area contributed by atoms with Crippen LogP contribution in [0.2, 0.25) is 0 Å². The van der Waals surface area contributed by atoms with E-state index in [0.29, 0.717) is 6.04 Å². The average Bonchev–Trinajstić information content (AvgIpc) is 3.22. The number of benzene rings is 2. The molecule has 1 saturated heterocycles. The van der Waals surface area contributed by atoms with Crippen LogP contribution in [0, 0.1) is 13.8 Å². The van der Waals surface area contributed by atoms with Gasteiger partial charge < -0.3 is 9.80 Å². The largest absolute Gasteiger partial charge is 0.360 e. The Morgan fingerprint density at radius 3 is 2.50 bits per heavy atom. The summed E-state index contributed by atoms with van der Waals surface area (Å²) in [5.41, 5.74) is 5.38. The molecule has 0 spiro atoms. The van der Waals surface area contributed by atoms with Crippen molar-refractivity contribution in [1.29, 1.82) is 0 Å². The van der Waals surface area contributed by atoms with Crippen LogP contribution in [0.3, 0.4) is 0 Å². The van der Waals surface area contributed by atoms with E-state index in [9.17, 15) is 0 Å². The lowest BCUT2D eigenvalue weighted by molar-refractivity contribution is -0.933.